The summed E-state index contributed by atoms with van der Waals surface area (Å²) < 4.78 is 0. The molecular formula is C18H29N3O. The van der Waals surface area contributed by atoms with Crippen LogP contribution in [0.25, 0.3) is 0 Å². The number of carbonyl (C=O) groups is 1. The SMILES string of the molecule is CC(N)C(C)C(=O)NCc1ccc(CN2CCCCC2)cc1. The fourth-order valence-electron chi connectivity index (χ4n) is 2.73. The van der Waals surface area contributed by atoms with Crippen LogP contribution >= 0.6 is 0 Å². The van der Waals surface area contributed by atoms with E-state index in [-0.39, 0.29) is 17.9 Å². The molecule has 2 rings (SSSR count). The lowest BCUT2D eigenvalue weighted by molar-refractivity contribution is -0.125. The van der Waals surface area contributed by atoms with Gasteiger partial charge in [0.05, 0.1) is 0 Å². The molecule has 0 spiro atoms. The van der Waals surface area contributed by atoms with Crippen LogP contribution in [0.5, 0.6) is 0 Å². The van der Waals surface area contributed by atoms with Crippen molar-refractivity contribution >= 4 is 5.91 Å². The number of benzene rings is 1. The Morgan fingerprint density at radius 2 is 1.73 bits per heavy atom. The second kappa shape index (κ2) is 8.30. The molecular weight excluding hydrogens is 274 g/mol. The van der Waals surface area contributed by atoms with E-state index in [1.54, 1.807) is 0 Å². The van der Waals surface area contributed by atoms with Crippen molar-refractivity contribution in [3.63, 3.8) is 0 Å². The van der Waals surface area contributed by atoms with E-state index < -0.39 is 0 Å². The Balaban J connectivity index is 1.80. The molecule has 1 heterocycles. The van der Waals surface area contributed by atoms with Gasteiger partial charge in [0.2, 0.25) is 5.91 Å². The minimum absolute atomic E-state index is 0.0207. The van der Waals surface area contributed by atoms with Crippen LogP contribution in [-0.2, 0) is 17.9 Å². The van der Waals surface area contributed by atoms with Crippen molar-refractivity contribution in [2.24, 2.45) is 11.7 Å². The third-order valence-electron chi connectivity index (χ3n) is 4.55. The first kappa shape index (κ1) is 17.0. The lowest BCUT2D eigenvalue weighted by Crippen LogP contribution is -2.38. The second-order valence-electron chi connectivity index (χ2n) is 6.52. The van der Waals surface area contributed by atoms with Crippen molar-refractivity contribution in [1.82, 2.24) is 10.2 Å². The third-order valence-corrected chi connectivity index (χ3v) is 4.55. The number of carbonyl (C=O) groups excluding carboxylic acids is 1. The largest absolute Gasteiger partial charge is 0.352 e. The molecule has 0 aromatic heterocycles. The van der Waals surface area contributed by atoms with E-state index in [1.165, 1.54) is 37.9 Å². The van der Waals surface area contributed by atoms with Crippen LogP contribution in [-0.4, -0.2) is 29.9 Å². The van der Waals surface area contributed by atoms with E-state index in [1.807, 2.05) is 13.8 Å². The Kier molecular flexibility index (Phi) is 6.40. The van der Waals surface area contributed by atoms with Crippen molar-refractivity contribution in [3.05, 3.63) is 35.4 Å². The highest BCUT2D eigenvalue weighted by Crippen LogP contribution is 2.13. The van der Waals surface area contributed by atoms with E-state index >= 15 is 0 Å². The van der Waals surface area contributed by atoms with Gasteiger partial charge in [0.15, 0.2) is 0 Å². The Labute approximate surface area is 134 Å². The summed E-state index contributed by atoms with van der Waals surface area (Å²) in [6.45, 7) is 7.76. The molecule has 2 unspecified atom stereocenters. The molecule has 1 aromatic carbocycles. The number of amides is 1. The lowest BCUT2D eigenvalue weighted by atomic mass is 10.0. The van der Waals surface area contributed by atoms with Crippen LogP contribution in [0.3, 0.4) is 0 Å². The fourth-order valence-corrected chi connectivity index (χ4v) is 2.73. The average Bonchev–Trinajstić information content (AvgIpc) is 2.54. The van der Waals surface area contributed by atoms with Gasteiger partial charge in [0, 0.05) is 25.0 Å². The molecule has 1 aliphatic rings. The first-order valence-electron chi connectivity index (χ1n) is 8.39. The van der Waals surface area contributed by atoms with Crippen LogP contribution in [0.15, 0.2) is 24.3 Å². The number of hydrogen-bond donors (Lipinski definition) is 2. The molecule has 4 nitrogen and oxygen atoms in total. The Bertz CT molecular complexity index is 464. The van der Waals surface area contributed by atoms with Gasteiger partial charge in [-0.05, 0) is 44.0 Å². The molecule has 1 aromatic rings. The molecule has 1 saturated heterocycles. The summed E-state index contributed by atoms with van der Waals surface area (Å²) in [6, 6.07) is 8.44. The number of nitrogens with two attached hydrogens (primary N) is 1. The van der Waals surface area contributed by atoms with Crippen LogP contribution < -0.4 is 11.1 Å². The summed E-state index contributed by atoms with van der Waals surface area (Å²) in [4.78, 5) is 14.4. The Morgan fingerprint density at radius 1 is 1.14 bits per heavy atom. The maximum Gasteiger partial charge on any atom is 0.224 e. The molecule has 0 bridgehead atoms. The molecule has 122 valence electrons. The van der Waals surface area contributed by atoms with E-state index in [4.69, 9.17) is 5.73 Å². The lowest BCUT2D eigenvalue weighted by Gasteiger charge is -2.26. The van der Waals surface area contributed by atoms with E-state index in [0.717, 1.165) is 12.1 Å². The predicted octanol–water partition coefficient (Wildman–Crippen LogP) is 2.27. The highest BCUT2D eigenvalue weighted by Gasteiger charge is 2.16. The fraction of sp³-hybridized carbons (Fsp3) is 0.611. The average molecular weight is 303 g/mol. The number of nitrogens with zero attached hydrogens (tertiary/aromatic N) is 1. The zero-order valence-electron chi connectivity index (χ0n) is 13.8. The summed E-state index contributed by atoms with van der Waals surface area (Å²) in [5.74, 6) is -0.134. The highest BCUT2D eigenvalue weighted by atomic mass is 16.1. The number of likely N-dealkylation sites (tertiary alicyclic amines) is 1. The van der Waals surface area contributed by atoms with Crippen LogP contribution in [0.2, 0.25) is 0 Å². The number of rotatable bonds is 6. The van der Waals surface area contributed by atoms with Crippen molar-refractivity contribution in [2.75, 3.05) is 13.1 Å². The maximum atomic E-state index is 11.9. The zero-order chi connectivity index (χ0) is 15.9. The molecule has 22 heavy (non-hydrogen) atoms. The van der Waals surface area contributed by atoms with Gasteiger partial charge in [-0.1, -0.05) is 37.6 Å². The smallest absolute Gasteiger partial charge is 0.224 e. The van der Waals surface area contributed by atoms with Gasteiger partial charge in [-0.2, -0.15) is 0 Å². The maximum absolute atomic E-state index is 11.9. The molecule has 1 fully saturated rings. The molecule has 1 amide bonds. The minimum Gasteiger partial charge on any atom is -0.352 e. The van der Waals surface area contributed by atoms with Crippen molar-refractivity contribution < 1.29 is 4.79 Å². The van der Waals surface area contributed by atoms with Crippen molar-refractivity contribution in [2.45, 2.75) is 52.2 Å². The number of piperidine rings is 1. The van der Waals surface area contributed by atoms with Crippen LogP contribution in [0, 0.1) is 5.92 Å². The highest BCUT2D eigenvalue weighted by molar-refractivity contribution is 5.78. The standard InChI is InChI=1S/C18H29N3O/c1-14(15(2)19)18(22)20-12-16-6-8-17(9-7-16)13-21-10-4-3-5-11-21/h6-9,14-15H,3-5,10-13,19H2,1-2H3,(H,20,22). The van der Waals surface area contributed by atoms with E-state index in [9.17, 15) is 4.79 Å². The van der Waals surface area contributed by atoms with Crippen molar-refractivity contribution in [3.8, 4) is 0 Å². The summed E-state index contributed by atoms with van der Waals surface area (Å²) in [7, 11) is 0. The predicted molar refractivity (Wildman–Crippen MR) is 90.2 cm³/mol. The van der Waals surface area contributed by atoms with Gasteiger partial charge in [0.25, 0.3) is 0 Å². The van der Waals surface area contributed by atoms with Crippen molar-refractivity contribution in [1.29, 1.82) is 0 Å². The van der Waals surface area contributed by atoms with Crippen LogP contribution in [0.1, 0.15) is 44.2 Å². The van der Waals surface area contributed by atoms with Gasteiger partial charge in [0.1, 0.15) is 0 Å². The molecule has 0 aliphatic carbocycles. The molecule has 2 atom stereocenters. The number of hydrogen-bond acceptors (Lipinski definition) is 3. The van der Waals surface area contributed by atoms with Gasteiger partial charge in [-0.3, -0.25) is 9.69 Å². The van der Waals surface area contributed by atoms with Gasteiger partial charge < -0.3 is 11.1 Å². The van der Waals surface area contributed by atoms with E-state index in [0.29, 0.717) is 6.54 Å². The van der Waals surface area contributed by atoms with E-state index in [2.05, 4.69) is 34.5 Å². The minimum atomic E-state index is -0.154. The van der Waals surface area contributed by atoms with Gasteiger partial charge >= 0.3 is 0 Å². The summed E-state index contributed by atoms with van der Waals surface area (Å²) in [6.07, 6.45) is 4.01. The Morgan fingerprint density at radius 3 is 2.32 bits per heavy atom. The summed E-state index contributed by atoms with van der Waals surface area (Å²) in [5, 5.41) is 2.95. The molecule has 4 heteroatoms. The zero-order valence-corrected chi connectivity index (χ0v) is 13.8. The van der Waals surface area contributed by atoms with Gasteiger partial charge in [-0.15, -0.1) is 0 Å². The topological polar surface area (TPSA) is 58.4 Å². The second-order valence-corrected chi connectivity index (χ2v) is 6.52. The third kappa shape index (κ3) is 5.11. The summed E-state index contributed by atoms with van der Waals surface area (Å²) in [5.41, 5.74) is 8.23. The Hall–Kier alpha value is -1.39. The monoisotopic (exact) mass is 303 g/mol. The first-order chi connectivity index (χ1) is 10.6. The van der Waals surface area contributed by atoms with Crippen LogP contribution in [0.4, 0.5) is 0 Å². The summed E-state index contributed by atoms with van der Waals surface area (Å²) >= 11 is 0. The molecule has 0 radical (unpaired) electrons. The number of nitrogens with one attached hydrogen (secondary N) is 1. The molecule has 3 N–H and O–H groups in total. The first-order valence-corrected chi connectivity index (χ1v) is 8.39. The van der Waals surface area contributed by atoms with Gasteiger partial charge in [-0.25, -0.2) is 0 Å². The molecule has 1 aliphatic heterocycles. The molecule has 0 saturated carbocycles. The quantitative estimate of drug-likeness (QED) is 0.847. The normalized spacial score (nSPS) is 18.7.